The zero-order valence-electron chi connectivity index (χ0n) is 16.6. The van der Waals surface area contributed by atoms with Crippen LogP contribution in [0.15, 0.2) is 18.2 Å². The maximum Gasteiger partial charge on any atom is 0.260 e. The Kier molecular flexibility index (Phi) is 3.74. The topological polar surface area (TPSA) is 54.3 Å². The fourth-order valence-corrected chi connectivity index (χ4v) is 5.69. The van der Waals surface area contributed by atoms with Gasteiger partial charge in [0.05, 0.1) is 12.2 Å². The van der Waals surface area contributed by atoms with Gasteiger partial charge in [0.25, 0.3) is 5.92 Å². The molecule has 158 valence electrons. The zero-order valence-corrected chi connectivity index (χ0v) is 17.4. The molecular formula is C21H22ClF2N5O. The third kappa shape index (κ3) is 2.73. The summed E-state index contributed by atoms with van der Waals surface area (Å²) in [5.41, 5.74) is 2.27. The smallest absolute Gasteiger partial charge is 0.260 e. The highest BCUT2D eigenvalue weighted by molar-refractivity contribution is 6.30. The number of rotatable bonds is 2. The fourth-order valence-electron chi connectivity index (χ4n) is 5.49. The number of halogens is 3. The van der Waals surface area contributed by atoms with Gasteiger partial charge < -0.3 is 4.90 Å². The molecule has 3 heterocycles. The summed E-state index contributed by atoms with van der Waals surface area (Å²) in [6, 6.07) is 5.92. The number of fused-ring (bicyclic) bond motifs is 3. The molecule has 0 radical (unpaired) electrons. The quantitative estimate of drug-likeness (QED) is 0.729. The van der Waals surface area contributed by atoms with E-state index >= 15 is 0 Å². The molecule has 2 aliphatic carbocycles. The van der Waals surface area contributed by atoms with Crippen LogP contribution < -0.4 is 0 Å². The van der Waals surface area contributed by atoms with Crippen LogP contribution in [0.4, 0.5) is 8.78 Å². The van der Waals surface area contributed by atoms with Gasteiger partial charge in [-0.3, -0.25) is 14.3 Å². The van der Waals surface area contributed by atoms with Crippen LogP contribution >= 0.6 is 11.6 Å². The van der Waals surface area contributed by atoms with Crippen molar-refractivity contribution in [1.29, 1.82) is 0 Å². The summed E-state index contributed by atoms with van der Waals surface area (Å²) in [6.07, 6.45) is 1.53. The van der Waals surface area contributed by atoms with Crippen molar-refractivity contribution < 1.29 is 13.6 Å². The Bertz CT molecular complexity index is 1060. The molecule has 1 atom stereocenters. The molecule has 1 aromatic heterocycles. The average molecular weight is 434 g/mol. The van der Waals surface area contributed by atoms with E-state index in [0.717, 1.165) is 42.3 Å². The van der Waals surface area contributed by atoms with Crippen molar-refractivity contribution in [1.82, 2.24) is 24.6 Å². The van der Waals surface area contributed by atoms with Crippen LogP contribution in [-0.4, -0.2) is 56.5 Å². The predicted octanol–water partition coefficient (Wildman–Crippen LogP) is 3.23. The fraction of sp³-hybridized carbons (Fsp3) is 0.571. The number of aromatic nitrogens is 3. The molecular weight excluding hydrogens is 412 g/mol. The minimum absolute atomic E-state index is 0.0568. The number of alkyl halides is 2. The Morgan fingerprint density at radius 3 is 2.60 bits per heavy atom. The molecule has 30 heavy (non-hydrogen) atoms. The monoisotopic (exact) mass is 433 g/mol. The minimum Gasteiger partial charge on any atom is -0.341 e. The number of hydrogen-bond acceptors (Lipinski definition) is 4. The van der Waals surface area contributed by atoms with E-state index in [2.05, 4.69) is 26.7 Å². The molecule has 1 unspecified atom stereocenters. The summed E-state index contributed by atoms with van der Waals surface area (Å²) in [4.78, 5) is 16.0. The van der Waals surface area contributed by atoms with E-state index in [4.69, 9.17) is 11.6 Å². The lowest BCUT2D eigenvalue weighted by Gasteiger charge is -2.58. The summed E-state index contributed by atoms with van der Waals surface area (Å²) >= 11 is 6.23. The molecule has 2 aromatic rings. The van der Waals surface area contributed by atoms with Gasteiger partial charge in [0.1, 0.15) is 11.7 Å². The number of benzene rings is 1. The number of carbonyl (C=O) groups is 1. The summed E-state index contributed by atoms with van der Waals surface area (Å²) in [5, 5.41) is 9.70. The summed E-state index contributed by atoms with van der Waals surface area (Å²) in [7, 11) is 2.05. The van der Waals surface area contributed by atoms with Gasteiger partial charge in [0.15, 0.2) is 5.82 Å². The van der Waals surface area contributed by atoms with Crippen LogP contribution in [0.3, 0.4) is 0 Å². The van der Waals surface area contributed by atoms with Gasteiger partial charge in [-0.1, -0.05) is 11.6 Å². The largest absolute Gasteiger partial charge is 0.341 e. The highest BCUT2D eigenvalue weighted by atomic mass is 35.5. The zero-order chi connectivity index (χ0) is 20.8. The lowest BCUT2D eigenvalue weighted by Crippen LogP contribution is -2.63. The van der Waals surface area contributed by atoms with Gasteiger partial charge in [0.2, 0.25) is 5.91 Å². The predicted molar refractivity (Wildman–Crippen MR) is 106 cm³/mol. The second kappa shape index (κ2) is 6.01. The first kappa shape index (κ1) is 18.7. The van der Waals surface area contributed by atoms with Crippen LogP contribution in [0.25, 0.3) is 5.69 Å². The Morgan fingerprint density at radius 1 is 1.17 bits per heavy atom. The van der Waals surface area contributed by atoms with Gasteiger partial charge in [-0.2, -0.15) is 0 Å². The van der Waals surface area contributed by atoms with E-state index in [0.29, 0.717) is 24.7 Å². The maximum atomic E-state index is 13.2. The van der Waals surface area contributed by atoms with Crippen molar-refractivity contribution in [2.75, 3.05) is 20.1 Å². The highest BCUT2D eigenvalue weighted by Crippen LogP contribution is 2.58. The molecule has 1 amide bonds. The Morgan fingerprint density at radius 2 is 1.90 bits per heavy atom. The average Bonchev–Trinajstić information content (AvgIpc) is 3.12. The lowest BCUT2D eigenvalue weighted by molar-refractivity contribution is -0.155. The van der Waals surface area contributed by atoms with Crippen LogP contribution in [0.2, 0.25) is 5.02 Å². The summed E-state index contributed by atoms with van der Waals surface area (Å²) in [5.74, 6) is -2.12. The third-order valence-corrected chi connectivity index (χ3v) is 7.34. The Labute approximate surface area is 177 Å². The second-order valence-corrected chi connectivity index (χ2v) is 10.0. The molecule has 2 aliphatic heterocycles. The molecule has 0 bridgehead atoms. The van der Waals surface area contributed by atoms with E-state index in [1.165, 1.54) is 0 Å². The molecule has 1 saturated heterocycles. The SMILES string of the molecule is CN1Cc2cc(Cl)ccc2-n2c(nnc2C2CC3(C2)CN(C(=O)C2CC2(F)F)C3)C1. The first-order valence-corrected chi connectivity index (χ1v) is 10.7. The number of hydrogen-bond donors (Lipinski definition) is 0. The van der Waals surface area contributed by atoms with Crippen LogP contribution in [0, 0.1) is 11.3 Å². The Hall–Kier alpha value is -2.06. The summed E-state index contributed by atoms with van der Waals surface area (Å²) in [6.45, 7) is 2.67. The van der Waals surface area contributed by atoms with E-state index in [-0.39, 0.29) is 23.7 Å². The molecule has 0 N–H and O–H groups in total. The molecule has 1 spiro atoms. The number of nitrogens with zero attached hydrogens (tertiary/aromatic N) is 5. The van der Waals surface area contributed by atoms with Crippen molar-refractivity contribution in [2.24, 2.45) is 11.3 Å². The van der Waals surface area contributed by atoms with Gasteiger partial charge in [-0.25, -0.2) is 8.78 Å². The summed E-state index contributed by atoms with van der Waals surface area (Å²) < 4.78 is 28.6. The van der Waals surface area contributed by atoms with Crippen molar-refractivity contribution in [3.63, 3.8) is 0 Å². The van der Waals surface area contributed by atoms with Gasteiger partial charge in [-0.15, -0.1) is 10.2 Å². The van der Waals surface area contributed by atoms with Gasteiger partial charge in [0, 0.05) is 42.4 Å². The molecule has 2 saturated carbocycles. The first-order chi connectivity index (χ1) is 14.2. The van der Waals surface area contributed by atoms with Gasteiger partial charge in [-0.05, 0) is 43.7 Å². The van der Waals surface area contributed by atoms with Crippen molar-refractivity contribution in [2.45, 2.75) is 44.2 Å². The second-order valence-electron chi connectivity index (χ2n) is 9.57. The molecule has 4 aliphatic rings. The van der Waals surface area contributed by atoms with E-state index in [1.54, 1.807) is 4.90 Å². The van der Waals surface area contributed by atoms with Crippen molar-refractivity contribution in [3.05, 3.63) is 40.4 Å². The lowest BCUT2D eigenvalue weighted by atomic mass is 9.57. The maximum absolute atomic E-state index is 13.2. The number of amides is 1. The minimum atomic E-state index is -2.79. The highest BCUT2D eigenvalue weighted by Gasteiger charge is 2.65. The van der Waals surface area contributed by atoms with Crippen molar-refractivity contribution >= 4 is 17.5 Å². The molecule has 9 heteroatoms. The van der Waals surface area contributed by atoms with Gasteiger partial charge >= 0.3 is 0 Å². The first-order valence-electron chi connectivity index (χ1n) is 10.3. The third-order valence-electron chi connectivity index (χ3n) is 7.10. The van der Waals surface area contributed by atoms with E-state index < -0.39 is 11.8 Å². The number of carbonyl (C=O) groups excluding carboxylic acids is 1. The normalized spacial score (nSPS) is 26.4. The Balaban J connectivity index is 1.21. The standard InChI is InChI=1S/C21H22ClF2N5O/c1-27-8-12-4-14(22)2-3-16(12)29-17(9-27)25-26-18(29)13-5-20(6-13)10-28(11-20)19(30)15-7-21(15,23)24/h2-4,13,15H,5-11H2,1H3. The van der Waals surface area contributed by atoms with E-state index in [1.807, 2.05) is 18.2 Å². The molecule has 6 rings (SSSR count). The van der Waals surface area contributed by atoms with Crippen LogP contribution in [0.1, 0.15) is 42.4 Å². The van der Waals surface area contributed by atoms with Crippen LogP contribution in [0.5, 0.6) is 0 Å². The van der Waals surface area contributed by atoms with Crippen LogP contribution in [-0.2, 0) is 17.9 Å². The number of likely N-dealkylation sites (tertiary alicyclic amines) is 1. The molecule has 1 aromatic carbocycles. The van der Waals surface area contributed by atoms with E-state index in [9.17, 15) is 13.6 Å². The van der Waals surface area contributed by atoms with Crippen molar-refractivity contribution in [3.8, 4) is 5.69 Å². The molecule has 3 fully saturated rings. The molecule has 6 nitrogen and oxygen atoms in total.